The van der Waals surface area contributed by atoms with E-state index < -0.39 is 5.97 Å². The number of carboxylic acids is 1. The highest BCUT2D eigenvalue weighted by molar-refractivity contribution is 6.42. The highest BCUT2D eigenvalue weighted by atomic mass is 35.5. The third-order valence-corrected chi connectivity index (χ3v) is 6.85. The highest BCUT2D eigenvalue weighted by Gasteiger charge is 2.12. The van der Waals surface area contributed by atoms with Crippen molar-refractivity contribution in [2.75, 3.05) is 25.0 Å². The minimum Gasteiger partial charge on any atom is -0.478 e. The number of amides is 2. The molecule has 0 fully saturated rings. The number of pyridine rings is 2. The highest BCUT2D eigenvalue weighted by Crippen LogP contribution is 2.29. The Morgan fingerprint density at radius 3 is 2.33 bits per heavy atom. The van der Waals surface area contributed by atoms with Crippen molar-refractivity contribution in [2.24, 2.45) is 0 Å². The molecular weight excluding hydrogens is 541 g/mol. The van der Waals surface area contributed by atoms with Crippen LogP contribution in [0, 0.1) is 0 Å². The van der Waals surface area contributed by atoms with Gasteiger partial charge < -0.3 is 21.1 Å². The number of hydrogen-bond acceptors (Lipinski definition) is 6. The zero-order valence-electron chi connectivity index (χ0n) is 21.0. The number of nitrogens with zero attached hydrogens (tertiary/aromatic N) is 2. The summed E-state index contributed by atoms with van der Waals surface area (Å²) in [5.41, 5.74) is 1.68. The summed E-state index contributed by atoms with van der Waals surface area (Å²) in [7, 11) is 0. The number of carboxylic acid groups (broad SMARTS) is 1. The van der Waals surface area contributed by atoms with Gasteiger partial charge in [0.15, 0.2) is 0 Å². The van der Waals surface area contributed by atoms with Crippen molar-refractivity contribution < 1.29 is 19.5 Å². The minimum absolute atomic E-state index is 0.0990. The molecule has 4 aromatic rings. The van der Waals surface area contributed by atoms with Gasteiger partial charge in [0.25, 0.3) is 0 Å². The van der Waals surface area contributed by atoms with Gasteiger partial charge in [0.05, 0.1) is 21.1 Å². The van der Waals surface area contributed by atoms with E-state index in [1.807, 2.05) is 12.1 Å². The standard InChI is InChI=1S/C28H27Cl2N5O4/c29-22-5-2-17(14-23(22)30)8-13-33-26(37)7-6-25(36)32-10-1-11-34-27-20-9-12-31-16-21(20)19-4-3-18(28(38)39)15-24(19)35-27/h2-5,9,12,14-16H,1,6-8,10-11,13H2,(H,32,36)(H,33,37)(H,34,35)(H,38,39). The van der Waals surface area contributed by atoms with Gasteiger partial charge in [-0.2, -0.15) is 0 Å². The van der Waals surface area contributed by atoms with Crippen molar-refractivity contribution in [1.82, 2.24) is 20.6 Å². The third kappa shape index (κ3) is 7.55. The lowest BCUT2D eigenvalue weighted by molar-refractivity contribution is -0.126. The van der Waals surface area contributed by atoms with E-state index in [0.29, 0.717) is 53.9 Å². The van der Waals surface area contributed by atoms with Crippen LogP contribution in [0.3, 0.4) is 0 Å². The van der Waals surface area contributed by atoms with Gasteiger partial charge in [0.1, 0.15) is 5.82 Å². The topological polar surface area (TPSA) is 133 Å². The summed E-state index contributed by atoms with van der Waals surface area (Å²) in [6.07, 6.45) is 4.85. The normalized spacial score (nSPS) is 10.9. The Morgan fingerprint density at radius 1 is 0.821 bits per heavy atom. The first-order valence-electron chi connectivity index (χ1n) is 12.4. The first kappa shape index (κ1) is 28.1. The zero-order valence-corrected chi connectivity index (χ0v) is 22.5. The fourth-order valence-corrected chi connectivity index (χ4v) is 4.40. The Balaban J connectivity index is 1.19. The largest absolute Gasteiger partial charge is 0.478 e. The van der Waals surface area contributed by atoms with Gasteiger partial charge in [-0.25, -0.2) is 9.78 Å². The Morgan fingerprint density at radius 2 is 1.59 bits per heavy atom. The van der Waals surface area contributed by atoms with Crippen LogP contribution in [0.4, 0.5) is 5.82 Å². The van der Waals surface area contributed by atoms with Gasteiger partial charge in [0, 0.05) is 61.0 Å². The molecule has 0 saturated heterocycles. The molecule has 2 aromatic carbocycles. The lowest BCUT2D eigenvalue weighted by Gasteiger charge is -2.12. The van der Waals surface area contributed by atoms with E-state index in [9.17, 15) is 19.5 Å². The number of nitrogens with one attached hydrogen (secondary N) is 3. The summed E-state index contributed by atoms with van der Waals surface area (Å²) in [5.74, 6) is -0.791. The molecular formula is C28H27Cl2N5O4. The number of anilines is 1. The molecule has 0 bridgehead atoms. The van der Waals surface area contributed by atoms with Crippen LogP contribution in [0.5, 0.6) is 0 Å². The molecule has 0 unspecified atom stereocenters. The molecule has 2 heterocycles. The molecule has 0 saturated carbocycles. The van der Waals surface area contributed by atoms with Crippen LogP contribution >= 0.6 is 23.2 Å². The van der Waals surface area contributed by atoms with Crippen molar-refractivity contribution >= 4 is 68.5 Å². The van der Waals surface area contributed by atoms with Crippen LogP contribution in [-0.2, 0) is 16.0 Å². The molecule has 0 aliphatic rings. The molecule has 9 nitrogen and oxygen atoms in total. The molecule has 4 N–H and O–H groups in total. The number of halogens is 2. The molecule has 2 amide bonds. The van der Waals surface area contributed by atoms with Crippen LogP contribution in [0.1, 0.15) is 35.2 Å². The molecule has 0 atom stereocenters. The van der Waals surface area contributed by atoms with Crippen LogP contribution in [-0.4, -0.2) is 52.5 Å². The number of aromatic nitrogens is 2. The molecule has 4 rings (SSSR count). The average molecular weight is 568 g/mol. The maximum atomic E-state index is 12.1. The SMILES string of the molecule is O=C(CCC(=O)NCCc1ccc(Cl)c(Cl)c1)NCCCNc1nc2cc(C(=O)O)ccc2c2cnccc12. The molecule has 39 heavy (non-hydrogen) atoms. The summed E-state index contributed by atoms with van der Waals surface area (Å²) in [6.45, 7) is 1.40. The number of carbonyl (C=O) groups excluding carboxylic acids is 2. The van der Waals surface area contributed by atoms with Crippen molar-refractivity contribution in [2.45, 2.75) is 25.7 Å². The number of fused-ring (bicyclic) bond motifs is 3. The molecule has 11 heteroatoms. The smallest absolute Gasteiger partial charge is 0.335 e. The van der Waals surface area contributed by atoms with E-state index in [1.54, 1.807) is 42.7 Å². The summed E-state index contributed by atoms with van der Waals surface area (Å²) in [5, 5.41) is 21.7. The Labute approximate surface area is 234 Å². The second kappa shape index (κ2) is 13.2. The van der Waals surface area contributed by atoms with Gasteiger partial charge in [-0.15, -0.1) is 0 Å². The van der Waals surface area contributed by atoms with Gasteiger partial charge in [-0.05, 0) is 48.7 Å². The monoisotopic (exact) mass is 567 g/mol. The van der Waals surface area contributed by atoms with Crippen molar-refractivity contribution in [1.29, 1.82) is 0 Å². The van der Waals surface area contributed by atoms with Crippen LogP contribution < -0.4 is 16.0 Å². The maximum Gasteiger partial charge on any atom is 0.335 e. The summed E-state index contributed by atoms with van der Waals surface area (Å²) in [4.78, 5) is 44.4. The number of rotatable bonds is 12. The quantitative estimate of drug-likeness (QED) is 0.142. The lowest BCUT2D eigenvalue weighted by atomic mass is 10.1. The van der Waals surface area contributed by atoms with Crippen molar-refractivity contribution in [3.63, 3.8) is 0 Å². The van der Waals surface area contributed by atoms with Crippen LogP contribution in [0.25, 0.3) is 21.7 Å². The molecule has 0 spiro atoms. The maximum absolute atomic E-state index is 12.1. The second-order valence-corrected chi connectivity index (χ2v) is 9.71. The second-order valence-electron chi connectivity index (χ2n) is 8.90. The number of benzene rings is 2. The fourth-order valence-electron chi connectivity index (χ4n) is 4.08. The summed E-state index contributed by atoms with van der Waals surface area (Å²) in [6, 6.07) is 12.0. The molecule has 0 aliphatic heterocycles. The summed E-state index contributed by atoms with van der Waals surface area (Å²) < 4.78 is 0. The van der Waals surface area contributed by atoms with Crippen molar-refractivity contribution in [3.8, 4) is 0 Å². The average Bonchev–Trinajstić information content (AvgIpc) is 2.93. The number of hydrogen-bond donors (Lipinski definition) is 4. The van der Waals surface area contributed by atoms with E-state index in [1.165, 1.54) is 0 Å². The minimum atomic E-state index is -1.02. The molecule has 202 valence electrons. The van der Waals surface area contributed by atoms with Gasteiger partial charge in [-0.1, -0.05) is 35.3 Å². The van der Waals surface area contributed by atoms with Gasteiger partial charge >= 0.3 is 5.97 Å². The van der Waals surface area contributed by atoms with Gasteiger partial charge in [0.2, 0.25) is 11.8 Å². The van der Waals surface area contributed by atoms with E-state index in [4.69, 9.17) is 23.2 Å². The van der Waals surface area contributed by atoms with E-state index >= 15 is 0 Å². The van der Waals surface area contributed by atoms with Crippen LogP contribution in [0.15, 0.2) is 54.9 Å². The van der Waals surface area contributed by atoms with E-state index in [0.717, 1.165) is 21.7 Å². The predicted molar refractivity (Wildman–Crippen MR) is 153 cm³/mol. The first-order valence-corrected chi connectivity index (χ1v) is 13.2. The third-order valence-electron chi connectivity index (χ3n) is 6.11. The van der Waals surface area contributed by atoms with E-state index in [2.05, 4.69) is 25.9 Å². The molecule has 2 aromatic heterocycles. The molecule has 0 aliphatic carbocycles. The fraction of sp³-hybridized carbons (Fsp3) is 0.250. The molecule has 0 radical (unpaired) electrons. The first-order chi connectivity index (χ1) is 18.8. The summed E-state index contributed by atoms with van der Waals surface area (Å²) >= 11 is 11.9. The number of carbonyl (C=O) groups is 3. The van der Waals surface area contributed by atoms with Crippen LogP contribution in [0.2, 0.25) is 10.0 Å². The Bertz CT molecular complexity index is 1530. The van der Waals surface area contributed by atoms with E-state index in [-0.39, 0.29) is 30.2 Å². The predicted octanol–water partition coefficient (Wildman–Crippen LogP) is 4.85. The number of aromatic carboxylic acids is 1. The van der Waals surface area contributed by atoms with Crippen molar-refractivity contribution in [3.05, 3.63) is 76.0 Å². The zero-order chi connectivity index (χ0) is 27.8. The lowest BCUT2D eigenvalue weighted by Crippen LogP contribution is -2.29. The Kier molecular flexibility index (Phi) is 9.51. The Hall–Kier alpha value is -3.95. The van der Waals surface area contributed by atoms with Gasteiger partial charge in [-0.3, -0.25) is 14.6 Å².